The van der Waals surface area contributed by atoms with Crippen LogP contribution in [-0.2, 0) is 19.3 Å². The molecule has 0 saturated carbocycles. The summed E-state index contributed by atoms with van der Waals surface area (Å²) in [4.78, 5) is 2.63. The maximum Gasteiger partial charge on any atom is 0.257 e. The van der Waals surface area contributed by atoms with Crippen molar-refractivity contribution < 1.29 is 4.42 Å². The summed E-state index contributed by atoms with van der Waals surface area (Å²) < 4.78 is 5.81. The zero-order valence-corrected chi connectivity index (χ0v) is 13.8. The number of nitrogens with zero attached hydrogens (tertiary/aromatic N) is 2. The third-order valence-corrected chi connectivity index (χ3v) is 4.89. The molecule has 0 aliphatic heterocycles. The third kappa shape index (κ3) is 3.71. The van der Waals surface area contributed by atoms with Gasteiger partial charge in [-0.3, -0.25) is 0 Å². The van der Waals surface area contributed by atoms with Crippen LogP contribution in [0.4, 0.5) is 0 Å². The molecule has 0 amide bonds. The quantitative estimate of drug-likeness (QED) is 0.937. The molecule has 0 fully saturated rings. The van der Waals surface area contributed by atoms with Gasteiger partial charge in [0.1, 0.15) is 0 Å². The third-order valence-electron chi connectivity index (χ3n) is 3.67. The number of aryl methyl sites for hydroxylation is 2. The van der Waals surface area contributed by atoms with Crippen molar-refractivity contribution in [2.24, 2.45) is 0 Å². The summed E-state index contributed by atoms with van der Waals surface area (Å²) in [7, 11) is 0. The van der Waals surface area contributed by atoms with Gasteiger partial charge in [0.25, 0.3) is 5.89 Å². The van der Waals surface area contributed by atoms with Crippen LogP contribution in [0, 0.1) is 0 Å². The van der Waals surface area contributed by atoms with Crippen molar-refractivity contribution in [1.82, 2.24) is 15.5 Å². The Kier molecular flexibility index (Phi) is 4.13. The van der Waals surface area contributed by atoms with Crippen LogP contribution in [0.2, 0.25) is 0 Å². The van der Waals surface area contributed by atoms with E-state index in [0.717, 1.165) is 17.8 Å². The predicted octanol–water partition coefficient (Wildman–Crippen LogP) is 3.61. The first kappa shape index (κ1) is 14.7. The lowest BCUT2D eigenvalue weighted by molar-refractivity contribution is 0.412. The molecule has 21 heavy (non-hydrogen) atoms. The molecule has 0 aromatic carbocycles. The second-order valence-corrected chi connectivity index (χ2v) is 7.83. The minimum absolute atomic E-state index is 0.121. The highest BCUT2D eigenvalue weighted by Crippen LogP contribution is 2.35. The van der Waals surface area contributed by atoms with Crippen molar-refractivity contribution in [3.05, 3.63) is 22.4 Å². The van der Waals surface area contributed by atoms with Crippen molar-refractivity contribution in [3.63, 3.8) is 0 Å². The normalized spacial score (nSPS) is 15.2. The van der Waals surface area contributed by atoms with E-state index in [4.69, 9.17) is 4.42 Å². The Bertz CT molecular complexity index is 586. The molecule has 0 unspecified atom stereocenters. The van der Waals surface area contributed by atoms with Crippen LogP contribution in [0.3, 0.4) is 0 Å². The maximum absolute atomic E-state index is 5.81. The summed E-state index contributed by atoms with van der Waals surface area (Å²) in [6.07, 6.45) is 5.78. The Hall–Kier alpha value is -1.20. The minimum atomic E-state index is 0.121. The number of rotatable bonds is 4. The number of hydrogen-bond donors (Lipinski definition) is 1. The van der Waals surface area contributed by atoms with E-state index in [9.17, 15) is 0 Å². The van der Waals surface area contributed by atoms with Crippen molar-refractivity contribution in [1.29, 1.82) is 0 Å². The van der Waals surface area contributed by atoms with Gasteiger partial charge in [-0.25, -0.2) is 0 Å². The molecule has 1 N–H and O–H groups in total. The summed E-state index contributed by atoms with van der Waals surface area (Å²) >= 11 is 1.82. The van der Waals surface area contributed by atoms with E-state index in [2.05, 4.69) is 42.4 Å². The zero-order chi connectivity index (χ0) is 14.9. The van der Waals surface area contributed by atoms with E-state index in [0.29, 0.717) is 11.8 Å². The summed E-state index contributed by atoms with van der Waals surface area (Å²) in [5.74, 6) is 1.40. The average Bonchev–Trinajstić information content (AvgIpc) is 3.02. The molecule has 114 valence electrons. The van der Waals surface area contributed by atoms with Gasteiger partial charge in [-0.15, -0.1) is 21.5 Å². The Balaban J connectivity index is 1.66. The number of nitrogens with one attached hydrogen (secondary N) is 1. The topological polar surface area (TPSA) is 51.0 Å². The fourth-order valence-corrected chi connectivity index (χ4v) is 3.77. The van der Waals surface area contributed by atoms with E-state index in [-0.39, 0.29) is 5.54 Å². The Morgan fingerprint density at radius 1 is 1.24 bits per heavy atom. The Morgan fingerprint density at radius 2 is 2.05 bits per heavy atom. The first-order valence-electron chi connectivity index (χ1n) is 7.71. The highest BCUT2D eigenvalue weighted by molar-refractivity contribution is 7.15. The van der Waals surface area contributed by atoms with Gasteiger partial charge in [0.15, 0.2) is 0 Å². The second-order valence-electron chi connectivity index (χ2n) is 6.69. The number of thiophene rings is 1. The standard InChI is InChI=1S/C16H23N3OS/c1-16(2,3)17-9-8-14-18-19-15(20-14)13-10-11-6-4-5-7-12(11)21-13/h10,17H,4-9H2,1-3H3. The monoisotopic (exact) mass is 305 g/mol. The predicted molar refractivity (Wildman–Crippen MR) is 85.7 cm³/mol. The van der Waals surface area contributed by atoms with Gasteiger partial charge in [0.05, 0.1) is 4.88 Å². The van der Waals surface area contributed by atoms with E-state index in [1.165, 1.54) is 36.1 Å². The van der Waals surface area contributed by atoms with E-state index in [1.807, 2.05) is 11.3 Å². The molecular weight excluding hydrogens is 282 g/mol. The van der Waals surface area contributed by atoms with E-state index in [1.54, 1.807) is 0 Å². The summed E-state index contributed by atoms with van der Waals surface area (Å²) in [5, 5.41) is 11.8. The molecule has 0 bridgehead atoms. The zero-order valence-electron chi connectivity index (χ0n) is 13.0. The first-order valence-corrected chi connectivity index (χ1v) is 8.52. The lowest BCUT2D eigenvalue weighted by Crippen LogP contribution is -2.37. The number of hydrogen-bond acceptors (Lipinski definition) is 5. The first-order chi connectivity index (χ1) is 10.0. The molecule has 0 spiro atoms. The van der Waals surface area contributed by atoms with Crippen LogP contribution in [-0.4, -0.2) is 22.3 Å². The highest BCUT2D eigenvalue weighted by atomic mass is 32.1. The minimum Gasteiger partial charge on any atom is -0.420 e. The molecule has 3 rings (SSSR count). The van der Waals surface area contributed by atoms with Crippen molar-refractivity contribution >= 4 is 11.3 Å². The maximum atomic E-state index is 5.81. The lowest BCUT2D eigenvalue weighted by atomic mass is 9.99. The van der Waals surface area contributed by atoms with Gasteiger partial charge < -0.3 is 9.73 Å². The van der Waals surface area contributed by atoms with Gasteiger partial charge in [-0.2, -0.15) is 0 Å². The van der Waals surface area contributed by atoms with Crippen LogP contribution >= 0.6 is 11.3 Å². The Morgan fingerprint density at radius 3 is 2.81 bits per heavy atom. The molecule has 2 aromatic heterocycles. The van der Waals surface area contributed by atoms with Crippen LogP contribution < -0.4 is 5.32 Å². The van der Waals surface area contributed by atoms with Crippen LogP contribution in [0.1, 0.15) is 49.9 Å². The molecule has 2 heterocycles. The van der Waals surface area contributed by atoms with Gasteiger partial charge in [0.2, 0.25) is 5.89 Å². The van der Waals surface area contributed by atoms with E-state index < -0.39 is 0 Å². The Labute approximate surface area is 130 Å². The molecule has 2 aromatic rings. The van der Waals surface area contributed by atoms with Crippen molar-refractivity contribution in [2.75, 3.05) is 6.54 Å². The summed E-state index contributed by atoms with van der Waals surface area (Å²) in [5.41, 5.74) is 1.60. The molecule has 4 nitrogen and oxygen atoms in total. The largest absolute Gasteiger partial charge is 0.420 e. The fraction of sp³-hybridized carbons (Fsp3) is 0.625. The fourth-order valence-electron chi connectivity index (χ4n) is 2.59. The van der Waals surface area contributed by atoms with Crippen molar-refractivity contribution in [3.8, 4) is 10.8 Å². The highest BCUT2D eigenvalue weighted by Gasteiger charge is 2.18. The van der Waals surface area contributed by atoms with Gasteiger partial charge >= 0.3 is 0 Å². The number of fused-ring (bicyclic) bond motifs is 1. The van der Waals surface area contributed by atoms with Gasteiger partial charge in [-0.05, 0) is 58.1 Å². The SMILES string of the molecule is CC(C)(C)NCCc1nnc(-c2cc3c(s2)CCCC3)o1. The molecule has 0 radical (unpaired) electrons. The molecule has 5 heteroatoms. The van der Waals surface area contributed by atoms with Crippen LogP contribution in [0.5, 0.6) is 0 Å². The molecule has 0 saturated heterocycles. The molecule has 1 aliphatic rings. The molecule has 1 aliphatic carbocycles. The average molecular weight is 305 g/mol. The van der Waals surface area contributed by atoms with Gasteiger partial charge in [-0.1, -0.05) is 0 Å². The number of aromatic nitrogens is 2. The summed E-state index contributed by atoms with van der Waals surface area (Å²) in [6, 6.07) is 2.24. The van der Waals surface area contributed by atoms with Crippen molar-refractivity contribution in [2.45, 2.75) is 58.4 Å². The molecule has 0 atom stereocenters. The molecular formula is C16H23N3OS. The van der Waals surface area contributed by atoms with Crippen LogP contribution in [0.25, 0.3) is 10.8 Å². The van der Waals surface area contributed by atoms with Crippen LogP contribution in [0.15, 0.2) is 10.5 Å². The van der Waals surface area contributed by atoms with E-state index >= 15 is 0 Å². The summed E-state index contributed by atoms with van der Waals surface area (Å²) in [6.45, 7) is 7.32. The second kappa shape index (κ2) is 5.89. The smallest absolute Gasteiger partial charge is 0.257 e. The lowest BCUT2D eigenvalue weighted by Gasteiger charge is -2.19. The van der Waals surface area contributed by atoms with Gasteiger partial charge in [0, 0.05) is 23.4 Å².